The highest BCUT2D eigenvalue weighted by Crippen LogP contribution is 2.34. The number of carbonyl (C=O) groups is 1. The molecule has 1 aliphatic heterocycles. The average Bonchev–Trinajstić information content (AvgIpc) is 2.61. The Bertz CT molecular complexity index is 829. The van der Waals surface area contributed by atoms with Crippen LogP contribution in [-0.4, -0.2) is 12.5 Å². The van der Waals surface area contributed by atoms with Crippen molar-refractivity contribution >= 4 is 29.2 Å². The van der Waals surface area contributed by atoms with E-state index in [0.29, 0.717) is 30.8 Å². The van der Waals surface area contributed by atoms with Gasteiger partial charge in [-0.2, -0.15) is 0 Å². The Morgan fingerprint density at radius 3 is 2.73 bits per heavy atom. The van der Waals surface area contributed by atoms with Crippen LogP contribution in [0.15, 0.2) is 30.3 Å². The van der Waals surface area contributed by atoms with Crippen LogP contribution >= 0.6 is 11.9 Å². The van der Waals surface area contributed by atoms with Gasteiger partial charge in [-0.1, -0.05) is 19.1 Å². The first-order valence-electron chi connectivity index (χ1n) is 8.44. The summed E-state index contributed by atoms with van der Waals surface area (Å²) in [4.78, 5) is 13.6. The van der Waals surface area contributed by atoms with Gasteiger partial charge in [0.2, 0.25) is 5.91 Å². The highest BCUT2D eigenvalue weighted by molar-refractivity contribution is 7.99. The zero-order valence-electron chi connectivity index (χ0n) is 14.3. The van der Waals surface area contributed by atoms with Gasteiger partial charge in [-0.25, -0.2) is 13.2 Å². The molecular formula is C19H19F3N2OS. The fourth-order valence-corrected chi connectivity index (χ4v) is 3.76. The lowest BCUT2D eigenvalue weighted by Crippen LogP contribution is -2.36. The fourth-order valence-electron chi connectivity index (χ4n) is 3.03. The van der Waals surface area contributed by atoms with Crippen LogP contribution in [0.1, 0.15) is 30.9 Å². The molecule has 138 valence electrons. The normalized spacial score (nSPS) is 13.7. The number of hydrogen-bond acceptors (Lipinski definition) is 3. The van der Waals surface area contributed by atoms with Gasteiger partial charge in [0.1, 0.15) is 5.82 Å². The van der Waals surface area contributed by atoms with Gasteiger partial charge in [0.05, 0.1) is 5.69 Å². The lowest BCUT2D eigenvalue weighted by atomic mass is 10.00. The van der Waals surface area contributed by atoms with Gasteiger partial charge in [-0.15, -0.1) is 0 Å². The Morgan fingerprint density at radius 2 is 1.96 bits per heavy atom. The summed E-state index contributed by atoms with van der Waals surface area (Å²) in [6.45, 7) is 2.43. The molecule has 1 amide bonds. The van der Waals surface area contributed by atoms with E-state index in [1.807, 2.05) is 13.0 Å². The van der Waals surface area contributed by atoms with Gasteiger partial charge in [0, 0.05) is 30.0 Å². The standard InChI is InChI=1S/C19H19F3N2OS/c1-2-8-24-17(25)7-6-12-9-14(10-16(21)19(12)24)23-26-11-13-4-3-5-15(20)18(13)22/h3-5,9-10,23H,2,6-8,11H2,1H3. The maximum absolute atomic E-state index is 14.6. The minimum absolute atomic E-state index is 0.0603. The van der Waals surface area contributed by atoms with Gasteiger partial charge in [-0.05, 0) is 48.6 Å². The number of rotatable bonds is 6. The van der Waals surface area contributed by atoms with Gasteiger partial charge >= 0.3 is 0 Å². The summed E-state index contributed by atoms with van der Waals surface area (Å²) in [7, 11) is 0. The zero-order valence-corrected chi connectivity index (χ0v) is 15.1. The molecule has 0 radical (unpaired) electrons. The Morgan fingerprint density at radius 1 is 1.15 bits per heavy atom. The second kappa shape index (κ2) is 8.03. The van der Waals surface area contributed by atoms with E-state index in [9.17, 15) is 18.0 Å². The Labute approximate surface area is 154 Å². The SMILES string of the molecule is CCCN1C(=O)CCc2cc(NSCc3cccc(F)c3F)cc(F)c21. The van der Waals surface area contributed by atoms with Crippen LogP contribution in [-0.2, 0) is 17.0 Å². The number of amides is 1. The summed E-state index contributed by atoms with van der Waals surface area (Å²) >= 11 is 1.15. The molecule has 7 heteroatoms. The van der Waals surface area contributed by atoms with Crippen molar-refractivity contribution in [3.63, 3.8) is 0 Å². The number of aryl methyl sites for hydroxylation is 1. The van der Waals surface area contributed by atoms with Crippen molar-refractivity contribution in [3.05, 3.63) is 58.9 Å². The summed E-state index contributed by atoms with van der Waals surface area (Å²) < 4.78 is 44.4. The van der Waals surface area contributed by atoms with Crippen molar-refractivity contribution in [2.45, 2.75) is 31.9 Å². The highest BCUT2D eigenvalue weighted by Gasteiger charge is 2.27. The van der Waals surface area contributed by atoms with Gasteiger partial charge in [-0.3, -0.25) is 4.79 Å². The van der Waals surface area contributed by atoms with E-state index in [1.165, 1.54) is 23.1 Å². The van der Waals surface area contributed by atoms with Crippen molar-refractivity contribution in [1.82, 2.24) is 0 Å². The molecule has 3 rings (SSSR count). The number of anilines is 2. The molecule has 1 heterocycles. The first-order chi connectivity index (χ1) is 12.5. The second-order valence-corrected chi connectivity index (χ2v) is 6.90. The first kappa shape index (κ1) is 18.6. The lowest BCUT2D eigenvalue weighted by Gasteiger charge is -2.30. The molecule has 0 aromatic heterocycles. The number of nitrogens with zero attached hydrogens (tertiary/aromatic N) is 1. The third kappa shape index (κ3) is 3.82. The quantitative estimate of drug-likeness (QED) is 0.712. The van der Waals surface area contributed by atoms with E-state index < -0.39 is 17.5 Å². The van der Waals surface area contributed by atoms with Gasteiger partial charge in [0.15, 0.2) is 11.6 Å². The molecule has 0 unspecified atom stereocenters. The molecule has 0 spiro atoms. The molecule has 0 bridgehead atoms. The molecule has 0 atom stereocenters. The molecule has 2 aromatic rings. The maximum Gasteiger partial charge on any atom is 0.227 e. The topological polar surface area (TPSA) is 32.3 Å². The number of benzene rings is 2. The lowest BCUT2D eigenvalue weighted by molar-refractivity contribution is -0.118. The minimum atomic E-state index is -0.886. The largest absolute Gasteiger partial charge is 0.329 e. The van der Waals surface area contributed by atoms with Crippen LogP contribution in [0.4, 0.5) is 24.5 Å². The molecule has 0 saturated heterocycles. The van der Waals surface area contributed by atoms with Crippen molar-refractivity contribution in [3.8, 4) is 0 Å². The van der Waals surface area contributed by atoms with Gasteiger partial charge in [0.25, 0.3) is 0 Å². The average molecular weight is 380 g/mol. The number of fused-ring (bicyclic) bond motifs is 1. The molecule has 2 aromatic carbocycles. The number of hydrogen-bond donors (Lipinski definition) is 1. The van der Waals surface area contributed by atoms with Crippen LogP contribution in [0.3, 0.4) is 0 Å². The number of halogens is 3. The van der Waals surface area contributed by atoms with Crippen molar-refractivity contribution in [1.29, 1.82) is 0 Å². The van der Waals surface area contributed by atoms with E-state index in [4.69, 9.17) is 0 Å². The Kier molecular flexibility index (Phi) is 5.76. The number of carbonyl (C=O) groups excluding carboxylic acids is 1. The predicted molar refractivity (Wildman–Crippen MR) is 98.6 cm³/mol. The van der Waals surface area contributed by atoms with Crippen LogP contribution in [0.2, 0.25) is 0 Å². The fraction of sp³-hybridized carbons (Fsp3) is 0.316. The molecular weight excluding hydrogens is 361 g/mol. The highest BCUT2D eigenvalue weighted by atomic mass is 32.2. The monoisotopic (exact) mass is 380 g/mol. The molecule has 0 aliphatic carbocycles. The smallest absolute Gasteiger partial charge is 0.227 e. The zero-order chi connectivity index (χ0) is 18.7. The van der Waals surface area contributed by atoms with Crippen molar-refractivity contribution in [2.24, 2.45) is 0 Å². The maximum atomic E-state index is 14.6. The summed E-state index contributed by atoms with van der Waals surface area (Å²) in [5.74, 6) is -2.07. The van der Waals surface area contributed by atoms with Crippen LogP contribution in [0.5, 0.6) is 0 Å². The van der Waals surface area contributed by atoms with Crippen molar-refractivity contribution < 1.29 is 18.0 Å². The van der Waals surface area contributed by atoms with Crippen LogP contribution in [0, 0.1) is 17.5 Å². The summed E-state index contributed by atoms with van der Waals surface area (Å²) in [6.07, 6.45) is 1.60. The third-order valence-corrected chi connectivity index (χ3v) is 5.05. The molecule has 0 saturated carbocycles. The van der Waals surface area contributed by atoms with Crippen molar-refractivity contribution in [2.75, 3.05) is 16.2 Å². The van der Waals surface area contributed by atoms with Gasteiger partial charge < -0.3 is 9.62 Å². The minimum Gasteiger partial charge on any atom is -0.329 e. The summed E-state index contributed by atoms with van der Waals surface area (Å²) in [5.41, 5.74) is 1.91. The van der Waals surface area contributed by atoms with E-state index in [0.717, 1.165) is 30.0 Å². The van der Waals surface area contributed by atoms with E-state index in [-0.39, 0.29) is 17.2 Å². The molecule has 0 fully saturated rings. The van der Waals surface area contributed by atoms with Crippen LogP contribution < -0.4 is 9.62 Å². The van der Waals surface area contributed by atoms with E-state index in [2.05, 4.69) is 4.72 Å². The molecule has 3 nitrogen and oxygen atoms in total. The number of nitrogens with one attached hydrogen (secondary N) is 1. The molecule has 26 heavy (non-hydrogen) atoms. The molecule has 1 N–H and O–H groups in total. The Hall–Kier alpha value is -2.15. The van der Waals surface area contributed by atoms with E-state index >= 15 is 0 Å². The van der Waals surface area contributed by atoms with E-state index in [1.54, 1.807) is 0 Å². The summed E-state index contributed by atoms with van der Waals surface area (Å²) in [5, 5.41) is 0. The first-order valence-corrected chi connectivity index (χ1v) is 9.43. The third-order valence-electron chi connectivity index (χ3n) is 4.22. The second-order valence-electron chi connectivity index (χ2n) is 6.11. The predicted octanol–water partition coefficient (Wildman–Crippen LogP) is 5.05. The summed E-state index contributed by atoms with van der Waals surface area (Å²) in [6, 6.07) is 7.16. The van der Waals surface area contributed by atoms with Crippen LogP contribution in [0.25, 0.3) is 0 Å². The Balaban J connectivity index is 1.73. The molecule has 1 aliphatic rings.